The van der Waals surface area contributed by atoms with Crippen LogP contribution in [0.15, 0.2) is 97.1 Å². The van der Waals surface area contributed by atoms with E-state index in [4.69, 9.17) is 11.6 Å². The quantitative estimate of drug-likeness (QED) is 0.203. The Bertz CT molecular complexity index is 1740. The van der Waals surface area contributed by atoms with E-state index < -0.39 is 40.8 Å². The number of ketones is 3. The molecule has 3 aliphatic rings. The molecule has 0 aromatic heterocycles. The Hall–Kier alpha value is -4.35. The number of carbonyl (C=O) groups is 3. The SMILES string of the molecule is Cc1ccc(C(=O)[C@H]2[C@H](c3ccccc3F)C3(C(=O)c4ccccc4C3=O)[C@@H]3C=Cc4cc(Cl)ccc4N32)cc1. The third kappa shape index (κ3) is 3.21. The number of hydrogen-bond donors (Lipinski definition) is 0. The topological polar surface area (TPSA) is 54.5 Å². The molecule has 0 N–H and O–H groups in total. The lowest BCUT2D eigenvalue weighted by atomic mass is 9.64. The number of nitrogens with zero attached hydrogens (tertiary/aromatic N) is 1. The van der Waals surface area contributed by atoms with Gasteiger partial charge >= 0.3 is 0 Å². The molecule has 3 atom stereocenters. The molecule has 4 nitrogen and oxygen atoms in total. The van der Waals surface area contributed by atoms with Gasteiger partial charge in [0.15, 0.2) is 17.3 Å². The van der Waals surface area contributed by atoms with E-state index in [1.807, 2.05) is 30.0 Å². The Kier molecular flexibility index (Phi) is 5.45. The maximum Gasteiger partial charge on any atom is 0.185 e. The Morgan fingerprint density at radius 3 is 2.20 bits per heavy atom. The molecule has 0 unspecified atom stereocenters. The third-order valence-corrected chi connectivity index (χ3v) is 8.85. The van der Waals surface area contributed by atoms with Crippen molar-refractivity contribution in [2.24, 2.45) is 5.41 Å². The van der Waals surface area contributed by atoms with Gasteiger partial charge in [-0.2, -0.15) is 0 Å². The van der Waals surface area contributed by atoms with Crippen LogP contribution in [0.25, 0.3) is 6.08 Å². The molecule has 196 valence electrons. The van der Waals surface area contributed by atoms with Gasteiger partial charge in [-0.25, -0.2) is 4.39 Å². The summed E-state index contributed by atoms with van der Waals surface area (Å²) in [5.41, 5.74) is 1.85. The average Bonchev–Trinajstić information content (AvgIpc) is 3.39. The summed E-state index contributed by atoms with van der Waals surface area (Å²) >= 11 is 6.33. The molecule has 0 saturated carbocycles. The second kappa shape index (κ2) is 8.83. The molecule has 1 fully saturated rings. The fraction of sp³-hybridized carbons (Fsp3) is 0.147. The van der Waals surface area contributed by atoms with Crippen LogP contribution in [0.1, 0.15) is 53.7 Å². The summed E-state index contributed by atoms with van der Waals surface area (Å²) in [4.78, 5) is 45.5. The highest BCUT2D eigenvalue weighted by molar-refractivity contribution is 6.32. The van der Waals surface area contributed by atoms with Crippen molar-refractivity contribution in [2.45, 2.75) is 24.9 Å². The molecule has 1 spiro atoms. The second-order valence-electron chi connectivity index (χ2n) is 10.7. The van der Waals surface area contributed by atoms with Crippen molar-refractivity contribution in [3.8, 4) is 0 Å². The van der Waals surface area contributed by atoms with Gasteiger partial charge in [-0.05, 0) is 42.3 Å². The highest BCUT2D eigenvalue weighted by atomic mass is 35.5. The van der Waals surface area contributed by atoms with E-state index >= 15 is 4.39 Å². The lowest BCUT2D eigenvalue weighted by Crippen LogP contribution is -2.48. The van der Waals surface area contributed by atoms with Crippen molar-refractivity contribution >= 4 is 40.7 Å². The largest absolute Gasteiger partial charge is 0.352 e. The van der Waals surface area contributed by atoms with Crippen LogP contribution in [0.4, 0.5) is 10.1 Å². The minimum absolute atomic E-state index is 0.167. The summed E-state index contributed by atoms with van der Waals surface area (Å²) in [6, 6.07) is 23.5. The highest BCUT2D eigenvalue weighted by Crippen LogP contribution is 2.61. The van der Waals surface area contributed by atoms with Crippen LogP contribution in [0, 0.1) is 18.2 Å². The molecule has 1 saturated heterocycles. The van der Waals surface area contributed by atoms with E-state index in [0.29, 0.717) is 27.4 Å². The van der Waals surface area contributed by atoms with Gasteiger partial charge in [-0.3, -0.25) is 14.4 Å². The van der Waals surface area contributed by atoms with Crippen LogP contribution in [0.2, 0.25) is 5.02 Å². The van der Waals surface area contributed by atoms with Crippen molar-refractivity contribution in [3.63, 3.8) is 0 Å². The summed E-state index contributed by atoms with van der Waals surface area (Å²) in [5.74, 6) is -2.73. The Balaban J connectivity index is 1.56. The highest BCUT2D eigenvalue weighted by Gasteiger charge is 2.71. The van der Waals surface area contributed by atoms with E-state index in [1.54, 1.807) is 78.9 Å². The van der Waals surface area contributed by atoms with Gasteiger partial charge in [-0.15, -0.1) is 0 Å². The van der Waals surface area contributed by atoms with E-state index in [1.165, 1.54) is 6.07 Å². The monoisotopic (exact) mass is 547 g/mol. The standard InChI is InChI=1S/C34H23ClFNO3/c1-19-10-12-20(13-11-19)31(38)30-29(25-8-4-5-9-26(25)36)34(32(39)23-6-2-3-7-24(23)33(34)40)28-17-14-21-18-22(35)15-16-27(21)37(28)30/h2-18,28-30H,1H3/t28-,29-,30+/m0/s1. The summed E-state index contributed by atoms with van der Waals surface area (Å²) in [6.07, 6.45) is 3.64. The lowest BCUT2D eigenvalue weighted by molar-refractivity contribution is 0.0664. The van der Waals surface area contributed by atoms with Gasteiger partial charge in [0.05, 0.1) is 6.04 Å². The van der Waals surface area contributed by atoms with Crippen LogP contribution >= 0.6 is 11.6 Å². The number of Topliss-reactive ketones (excluding diaryl/α,β-unsaturated/α-hetero) is 3. The van der Waals surface area contributed by atoms with E-state index in [-0.39, 0.29) is 11.3 Å². The number of halogens is 2. The predicted molar refractivity (Wildman–Crippen MR) is 153 cm³/mol. The van der Waals surface area contributed by atoms with Crippen LogP contribution in [-0.2, 0) is 0 Å². The van der Waals surface area contributed by atoms with Crippen molar-refractivity contribution in [1.82, 2.24) is 0 Å². The van der Waals surface area contributed by atoms with E-state index in [9.17, 15) is 14.4 Å². The molecule has 1 aliphatic carbocycles. The van der Waals surface area contributed by atoms with E-state index in [0.717, 1.165) is 11.1 Å². The van der Waals surface area contributed by atoms with E-state index in [2.05, 4.69) is 0 Å². The van der Waals surface area contributed by atoms with Crippen LogP contribution in [-0.4, -0.2) is 29.4 Å². The van der Waals surface area contributed by atoms with Crippen molar-refractivity contribution < 1.29 is 18.8 Å². The minimum Gasteiger partial charge on any atom is -0.352 e. The molecule has 4 aromatic rings. The van der Waals surface area contributed by atoms with Gasteiger partial charge in [0.1, 0.15) is 17.3 Å². The van der Waals surface area contributed by atoms with Gasteiger partial charge in [0.25, 0.3) is 0 Å². The number of rotatable bonds is 3. The number of anilines is 1. The normalized spacial score (nSPS) is 21.9. The molecular weight excluding hydrogens is 525 g/mol. The first-order valence-corrected chi connectivity index (χ1v) is 13.5. The first kappa shape index (κ1) is 24.7. The second-order valence-corrected chi connectivity index (χ2v) is 11.1. The summed E-state index contributed by atoms with van der Waals surface area (Å²) in [6.45, 7) is 1.93. The fourth-order valence-corrected chi connectivity index (χ4v) is 7.09. The van der Waals surface area contributed by atoms with Gasteiger partial charge in [0.2, 0.25) is 0 Å². The third-order valence-electron chi connectivity index (χ3n) is 8.61. The molecule has 0 radical (unpaired) electrons. The molecule has 0 bridgehead atoms. The summed E-state index contributed by atoms with van der Waals surface area (Å²) in [7, 11) is 0. The zero-order chi connectivity index (χ0) is 27.8. The first-order chi connectivity index (χ1) is 19.3. The maximum absolute atomic E-state index is 15.8. The lowest BCUT2D eigenvalue weighted by Gasteiger charge is -2.37. The molecule has 6 heteroatoms. The predicted octanol–water partition coefficient (Wildman–Crippen LogP) is 7.10. The Morgan fingerprint density at radius 1 is 0.875 bits per heavy atom. The molecule has 0 amide bonds. The van der Waals surface area contributed by atoms with Gasteiger partial charge < -0.3 is 4.90 Å². The molecule has 7 rings (SSSR count). The molecule has 4 aromatic carbocycles. The zero-order valence-electron chi connectivity index (χ0n) is 21.5. The Morgan fingerprint density at radius 2 is 1.52 bits per heavy atom. The van der Waals surface area contributed by atoms with Crippen LogP contribution in [0.5, 0.6) is 0 Å². The van der Waals surface area contributed by atoms with Gasteiger partial charge in [0, 0.05) is 33.3 Å². The molecule has 40 heavy (non-hydrogen) atoms. The van der Waals surface area contributed by atoms with Crippen molar-refractivity contribution in [1.29, 1.82) is 0 Å². The number of aryl methyl sites for hydroxylation is 1. The van der Waals surface area contributed by atoms with Crippen molar-refractivity contribution in [3.05, 3.63) is 141 Å². The summed E-state index contributed by atoms with van der Waals surface area (Å²) in [5, 5.41) is 0.517. The maximum atomic E-state index is 15.8. The number of carbonyl (C=O) groups excluding carboxylic acids is 3. The Labute approximate surface area is 235 Å². The summed E-state index contributed by atoms with van der Waals surface area (Å²) < 4.78 is 15.8. The van der Waals surface area contributed by atoms with Gasteiger partial charge in [-0.1, -0.05) is 96.0 Å². The smallest absolute Gasteiger partial charge is 0.185 e. The molecule has 2 heterocycles. The first-order valence-electron chi connectivity index (χ1n) is 13.1. The number of benzene rings is 4. The zero-order valence-corrected chi connectivity index (χ0v) is 22.2. The minimum atomic E-state index is -1.75. The number of fused-ring (bicyclic) bond motifs is 5. The number of hydrogen-bond acceptors (Lipinski definition) is 4. The average molecular weight is 548 g/mol. The molecule has 2 aliphatic heterocycles. The van der Waals surface area contributed by atoms with Crippen LogP contribution < -0.4 is 4.90 Å². The fourth-order valence-electron chi connectivity index (χ4n) is 6.91. The van der Waals surface area contributed by atoms with Crippen molar-refractivity contribution in [2.75, 3.05) is 4.90 Å². The molecular formula is C34H23ClFNO3. The van der Waals surface area contributed by atoms with Crippen LogP contribution in [0.3, 0.4) is 0 Å².